The van der Waals surface area contributed by atoms with Crippen LogP contribution < -0.4 is 10.6 Å². The summed E-state index contributed by atoms with van der Waals surface area (Å²) in [7, 11) is 0. The number of rotatable bonds is 4. The molecule has 0 aromatic heterocycles. The maximum absolute atomic E-state index is 12.1. The van der Waals surface area contributed by atoms with E-state index >= 15 is 0 Å². The molecule has 1 unspecified atom stereocenters. The number of carbonyl (C=O) groups excluding carboxylic acids is 1. The van der Waals surface area contributed by atoms with E-state index in [1.54, 1.807) is 0 Å². The third-order valence-electron chi connectivity index (χ3n) is 3.36. The molecule has 1 aromatic rings. The van der Waals surface area contributed by atoms with Gasteiger partial charge in [0.2, 0.25) is 5.91 Å². The predicted molar refractivity (Wildman–Crippen MR) is 74.8 cm³/mol. The highest BCUT2D eigenvalue weighted by molar-refractivity contribution is 5.77. The van der Waals surface area contributed by atoms with Gasteiger partial charge in [0.05, 0.1) is 24.7 Å². The Morgan fingerprint density at radius 2 is 2.16 bits per heavy atom. The zero-order valence-electron chi connectivity index (χ0n) is 11.6. The van der Waals surface area contributed by atoms with Gasteiger partial charge in [-0.2, -0.15) is 0 Å². The van der Waals surface area contributed by atoms with E-state index in [4.69, 9.17) is 4.74 Å². The van der Waals surface area contributed by atoms with Crippen LogP contribution in [0.15, 0.2) is 30.3 Å². The van der Waals surface area contributed by atoms with Crippen molar-refractivity contribution in [1.29, 1.82) is 0 Å². The van der Waals surface area contributed by atoms with Crippen LogP contribution in [0.3, 0.4) is 0 Å². The number of ether oxygens (including phenoxy) is 1. The molecule has 1 heterocycles. The van der Waals surface area contributed by atoms with Gasteiger partial charge in [0.15, 0.2) is 0 Å². The van der Waals surface area contributed by atoms with Crippen molar-refractivity contribution in [2.75, 3.05) is 19.7 Å². The molecule has 1 aliphatic rings. The fourth-order valence-corrected chi connectivity index (χ4v) is 2.28. The third-order valence-corrected chi connectivity index (χ3v) is 3.36. The van der Waals surface area contributed by atoms with Crippen molar-refractivity contribution in [2.45, 2.75) is 31.9 Å². The van der Waals surface area contributed by atoms with E-state index in [0.29, 0.717) is 13.0 Å². The highest BCUT2D eigenvalue weighted by Gasteiger charge is 2.25. The number of carbonyl (C=O) groups is 1. The maximum atomic E-state index is 12.1. The molecule has 4 heteroatoms. The summed E-state index contributed by atoms with van der Waals surface area (Å²) in [5.41, 5.74) is 0.742. The van der Waals surface area contributed by atoms with Gasteiger partial charge in [0.1, 0.15) is 0 Å². The van der Waals surface area contributed by atoms with E-state index in [-0.39, 0.29) is 17.6 Å². The Kier molecular flexibility index (Phi) is 4.56. The van der Waals surface area contributed by atoms with Gasteiger partial charge in [0, 0.05) is 13.1 Å². The van der Waals surface area contributed by atoms with E-state index in [2.05, 4.69) is 10.6 Å². The summed E-state index contributed by atoms with van der Waals surface area (Å²) >= 11 is 0. The molecule has 0 aliphatic carbocycles. The van der Waals surface area contributed by atoms with Gasteiger partial charge in [0.25, 0.3) is 0 Å². The Bertz CT molecular complexity index is 411. The maximum Gasteiger partial charge on any atom is 0.223 e. The highest BCUT2D eigenvalue weighted by Crippen LogP contribution is 2.19. The number of hydrogen-bond donors (Lipinski definition) is 2. The van der Waals surface area contributed by atoms with Gasteiger partial charge in [-0.15, -0.1) is 0 Å². The molecule has 1 atom stereocenters. The zero-order chi connectivity index (χ0) is 13.7. The fourth-order valence-electron chi connectivity index (χ4n) is 2.28. The minimum absolute atomic E-state index is 0.0136. The van der Waals surface area contributed by atoms with E-state index in [1.807, 2.05) is 44.2 Å². The van der Waals surface area contributed by atoms with E-state index < -0.39 is 0 Å². The molecular formula is C15H22N2O2. The summed E-state index contributed by atoms with van der Waals surface area (Å²) in [4.78, 5) is 12.1. The minimum atomic E-state index is -0.361. The highest BCUT2D eigenvalue weighted by atomic mass is 16.5. The fraction of sp³-hybridized carbons (Fsp3) is 0.533. The Morgan fingerprint density at radius 1 is 1.42 bits per heavy atom. The molecule has 19 heavy (non-hydrogen) atoms. The SMILES string of the molecule is CC(C)(NC(=O)CC1CNCCO1)c1ccccc1. The smallest absolute Gasteiger partial charge is 0.223 e. The van der Waals surface area contributed by atoms with Crippen LogP contribution in [0.1, 0.15) is 25.8 Å². The first-order valence-corrected chi connectivity index (χ1v) is 6.77. The molecule has 2 rings (SSSR count). The summed E-state index contributed by atoms with van der Waals surface area (Å²) in [5, 5.41) is 6.30. The van der Waals surface area contributed by atoms with Crippen molar-refractivity contribution in [1.82, 2.24) is 10.6 Å². The van der Waals surface area contributed by atoms with Gasteiger partial charge >= 0.3 is 0 Å². The molecule has 1 aliphatic heterocycles. The number of nitrogens with one attached hydrogen (secondary N) is 2. The molecule has 0 bridgehead atoms. The van der Waals surface area contributed by atoms with Crippen molar-refractivity contribution in [3.8, 4) is 0 Å². The molecule has 1 saturated heterocycles. The number of hydrogen-bond acceptors (Lipinski definition) is 3. The molecule has 1 aromatic carbocycles. The van der Waals surface area contributed by atoms with Gasteiger partial charge < -0.3 is 15.4 Å². The summed E-state index contributed by atoms with van der Waals surface area (Å²) in [6.45, 7) is 6.33. The van der Waals surface area contributed by atoms with E-state index in [9.17, 15) is 4.79 Å². The van der Waals surface area contributed by atoms with Crippen LogP contribution in [0.25, 0.3) is 0 Å². The molecule has 0 radical (unpaired) electrons. The van der Waals surface area contributed by atoms with Crippen molar-refractivity contribution >= 4 is 5.91 Å². The van der Waals surface area contributed by atoms with Crippen LogP contribution in [0.4, 0.5) is 0 Å². The largest absolute Gasteiger partial charge is 0.375 e. The molecule has 4 nitrogen and oxygen atoms in total. The number of amides is 1. The van der Waals surface area contributed by atoms with Gasteiger partial charge in [-0.1, -0.05) is 30.3 Å². The topological polar surface area (TPSA) is 50.4 Å². The Labute approximate surface area is 114 Å². The average Bonchev–Trinajstić information content (AvgIpc) is 2.40. The summed E-state index contributed by atoms with van der Waals surface area (Å²) in [6, 6.07) is 10.00. The van der Waals surface area contributed by atoms with Gasteiger partial charge in [-0.3, -0.25) is 4.79 Å². The van der Waals surface area contributed by atoms with E-state index in [0.717, 1.165) is 18.7 Å². The lowest BCUT2D eigenvalue weighted by Gasteiger charge is -2.29. The summed E-state index contributed by atoms with van der Waals surface area (Å²) in [6.07, 6.45) is 0.392. The van der Waals surface area contributed by atoms with Gasteiger partial charge in [-0.25, -0.2) is 0 Å². The molecule has 104 valence electrons. The second-order valence-corrected chi connectivity index (χ2v) is 5.44. The Morgan fingerprint density at radius 3 is 2.79 bits per heavy atom. The number of morpholine rings is 1. The molecular weight excluding hydrogens is 240 g/mol. The minimum Gasteiger partial charge on any atom is -0.375 e. The normalized spacial score (nSPS) is 20.0. The van der Waals surface area contributed by atoms with Crippen molar-refractivity contribution in [3.63, 3.8) is 0 Å². The molecule has 2 N–H and O–H groups in total. The summed E-state index contributed by atoms with van der Waals surface area (Å²) < 4.78 is 5.55. The second-order valence-electron chi connectivity index (χ2n) is 5.44. The third kappa shape index (κ3) is 4.04. The van der Waals surface area contributed by atoms with Crippen molar-refractivity contribution in [2.24, 2.45) is 0 Å². The standard InChI is InChI=1S/C15H22N2O2/c1-15(2,12-6-4-3-5-7-12)17-14(18)10-13-11-16-8-9-19-13/h3-7,13,16H,8-11H2,1-2H3,(H,17,18). The molecule has 0 saturated carbocycles. The molecule has 1 fully saturated rings. The number of benzene rings is 1. The van der Waals surface area contributed by atoms with Crippen LogP contribution in [0.2, 0.25) is 0 Å². The van der Waals surface area contributed by atoms with E-state index in [1.165, 1.54) is 0 Å². The second kappa shape index (κ2) is 6.17. The monoisotopic (exact) mass is 262 g/mol. The van der Waals surface area contributed by atoms with Crippen LogP contribution in [0.5, 0.6) is 0 Å². The lowest BCUT2D eigenvalue weighted by Crippen LogP contribution is -2.45. The lowest BCUT2D eigenvalue weighted by molar-refractivity contribution is -0.126. The molecule has 1 amide bonds. The molecule has 0 spiro atoms. The lowest BCUT2D eigenvalue weighted by atomic mass is 9.94. The van der Waals surface area contributed by atoms with Crippen LogP contribution in [0, 0.1) is 0 Å². The Hall–Kier alpha value is -1.39. The Balaban J connectivity index is 1.90. The van der Waals surface area contributed by atoms with Crippen LogP contribution in [-0.4, -0.2) is 31.7 Å². The first kappa shape index (κ1) is 14.0. The zero-order valence-corrected chi connectivity index (χ0v) is 11.6. The average molecular weight is 262 g/mol. The summed E-state index contributed by atoms with van der Waals surface area (Å²) in [5.74, 6) is 0.0301. The van der Waals surface area contributed by atoms with Crippen LogP contribution in [-0.2, 0) is 15.1 Å². The van der Waals surface area contributed by atoms with Crippen molar-refractivity contribution < 1.29 is 9.53 Å². The first-order chi connectivity index (χ1) is 9.08. The first-order valence-electron chi connectivity index (χ1n) is 6.77. The van der Waals surface area contributed by atoms with Crippen LogP contribution >= 0.6 is 0 Å². The van der Waals surface area contributed by atoms with Crippen molar-refractivity contribution in [3.05, 3.63) is 35.9 Å². The quantitative estimate of drug-likeness (QED) is 0.863. The predicted octanol–water partition coefficient (Wildman–Crippen LogP) is 1.42. The van der Waals surface area contributed by atoms with Gasteiger partial charge in [-0.05, 0) is 19.4 Å².